The molecule has 1 aliphatic heterocycles. The van der Waals surface area contributed by atoms with E-state index in [1.165, 1.54) is 11.6 Å². The van der Waals surface area contributed by atoms with Crippen LogP contribution in [0.15, 0.2) is 54.6 Å². The number of fused-ring (bicyclic) bond motifs is 3. The number of halogens is 2. The van der Waals surface area contributed by atoms with Gasteiger partial charge in [0.1, 0.15) is 5.82 Å². The van der Waals surface area contributed by atoms with Crippen molar-refractivity contribution in [2.24, 2.45) is 0 Å². The molecule has 2 heterocycles. The molecule has 0 amide bonds. The van der Waals surface area contributed by atoms with Gasteiger partial charge in [0, 0.05) is 17.1 Å². The molecule has 0 spiro atoms. The quantitative estimate of drug-likeness (QED) is 0.544. The average Bonchev–Trinajstić information content (AvgIpc) is 2.91. The molecule has 0 bridgehead atoms. The molecule has 110 valence electrons. The first kappa shape index (κ1) is 13.8. The zero-order valence-corrected chi connectivity index (χ0v) is 13.5. The second-order valence-electron chi connectivity index (χ2n) is 5.40. The standard InChI is InChI=1S/C18H13ClFNS/c1-21-15(11-5-3-2-4-6-11)10-14(19)18-17(21)13-8-7-12(20)9-16(13)22-18/h2-10,15H,1H3. The highest BCUT2D eigenvalue weighted by molar-refractivity contribution is 7.21. The molecule has 4 heteroatoms. The van der Waals surface area contributed by atoms with Crippen LogP contribution in [-0.4, -0.2) is 7.05 Å². The minimum atomic E-state index is -0.214. The van der Waals surface area contributed by atoms with Crippen LogP contribution in [0.3, 0.4) is 0 Å². The fraction of sp³-hybridized carbons (Fsp3) is 0.111. The van der Waals surface area contributed by atoms with Gasteiger partial charge in [-0.2, -0.15) is 0 Å². The summed E-state index contributed by atoms with van der Waals surface area (Å²) in [4.78, 5) is 3.23. The predicted molar refractivity (Wildman–Crippen MR) is 93.2 cm³/mol. The van der Waals surface area contributed by atoms with Gasteiger partial charge in [0.05, 0.1) is 21.6 Å². The molecule has 4 rings (SSSR count). The molecular formula is C18H13ClFNS. The summed E-state index contributed by atoms with van der Waals surface area (Å²) in [6.45, 7) is 0. The molecule has 2 aromatic carbocycles. The molecule has 1 nitrogen and oxygen atoms in total. The van der Waals surface area contributed by atoms with E-state index >= 15 is 0 Å². The highest BCUT2D eigenvalue weighted by atomic mass is 35.5. The Kier molecular flexibility index (Phi) is 3.21. The number of anilines is 1. The van der Waals surface area contributed by atoms with Crippen LogP contribution in [0.1, 0.15) is 16.5 Å². The van der Waals surface area contributed by atoms with E-state index in [0.717, 1.165) is 25.7 Å². The first-order chi connectivity index (χ1) is 10.6. The van der Waals surface area contributed by atoms with Crippen molar-refractivity contribution in [3.8, 4) is 0 Å². The van der Waals surface area contributed by atoms with E-state index in [2.05, 4.69) is 30.2 Å². The topological polar surface area (TPSA) is 3.24 Å². The number of rotatable bonds is 1. The van der Waals surface area contributed by atoms with Crippen LogP contribution in [0.5, 0.6) is 0 Å². The Morgan fingerprint density at radius 3 is 2.68 bits per heavy atom. The maximum atomic E-state index is 13.5. The average molecular weight is 330 g/mol. The lowest BCUT2D eigenvalue weighted by atomic mass is 10.0. The van der Waals surface area contributed by atoms with Crippen LogP contribution < -0.4 is 4.90 Å². The van der Waals surface area contributed by atoms with Crippen molar-refractivity contribution in [3.05, 3.63) is 70.9 Å². The monoisotopic (exact) mass is 329 g/mol. The number of nitrogens with zero attached hydrogens (tertiary/aromatic N) is 1. The molecule has 0 saturated carbocycles. The van der Waals surface area contributed by atoms with Crippen LogP contribution in [0.4, 0.5) is 10.1 Å². The van der Waals surface area contributed by atoms with E-state index < -0.39 is 0 Å². The molecule has 1 unspecified atom stereocenters. The Balaban J connectivity index is 1.92. The lowest BCUT2D eigenvalue weighted by molar-refractivity contribution is 0.630. The minimum Gasteiger partial charge on any atom is -0.362 e. The van der Waals surface area contributed by atoms with E-state index in [9.17, 15) is 4.39 Å². The molecule has 1 atom stereocenters. The van der Waals surface area contributed by atoms with Crippen LogP contribution in [-0.2, 0) is 0 Å². The van der Waals surface area contributed by atoms with Crippen molar-refractivity contribution in [2.45, 2.75) is 6.04 Å². The Morgan fingerprint density at radius 1 is 1.14 bits per heavy atom. The van der Waals surface area contributed by atoms with Gasteiger partial charge in [-0.15, -0.1) is 11.3 Å². The SMILES string of the molecule is CN1c2c(sc3cc(F)ccc23)C(Cl)=CC1c1ccccc1. The van der Waals surface area contributed by atoms with Crippen LogP contribution in [0.25, 0.3) is 15.1 Å². The summed E-state index contributed by atoms with van der Waals surface area (Å²) in [6, 6.07) is 15.3. The maximum absolute atomic E-state index is 13.5. The van der Waals surface area contributed by atoms with Crippen molar-refractivity contribution < 1.29 is 4.39 Å². The first-order valence-electron chi connectivity index (χ1n) is 7.02. The molecule has 1 aromatic heterocycles. The zero-order valence-electron chi connectivity index (χ0n) is 11.9. The third-order valence-corrected chi connectivity index (χ3v) is 5.66. The largest absolute Gasteiger partial charge is 0.362 e. The van der Waals surface area contributed by atoms with E-state index in [1.54, 1.807) is 17.4 Å². The predicted octanol–water partition coefficient (Wildman–Crippen LogP) is 5.81. The van der Waals surface area contributed by atoms with Crippen LogP contribution >= 0.6 is 22.9 Å². The fourth-order valence-corrected chi connectivity index (χ4v) is 4.51. The van der Waals surface area contributed by atoms with Gasteiger partial charge >= 0.3 is 0 Å². The Bertz CT molecular complexity index is 885. The molecule has 0 aliphatic carbocycles. The smallest absolute Gasteiger partial charge is 0.124 e. The van der Waals surface area contributed by atoms with E-state index in [0.29, 0.717) is 0 Å². The molecule has 0 saturated heterocycles. The van der Waals surface area contributed by atoms with Gasteiger partial charge in [-0.25, -0.2) is 4.39 Å². The molecular weight excluding hydrogens is 317 g/mol. The Hall–Kier alpha value is -1.84. The summed E-state index contributed by atoms with van der Waals surface area (Å²) in [5, 5.41) is 1.79. The van der Waals surface area contributed by atoms with Gasteiger partial charge in [-0.05, 0) is 29.8 Å². The van der Waals surface area contributed by atoms with E-state index in [4.69, 9.17) is 11.6 Å². The lowest BCUT2D eigenvalue weighted by Gasteiger charge is -2.32. The lowest BCUT2D eigenvalue weighted by Crippen LogP contribution is -2.25. The maximum Gasteiger partial charge on any atom is 0.124 e. The minimum absolute atomic E-state index is 0.0871. The molecule has 3 aromatic rings. The zero-order chi connectivity index (χ0) is 15.3. The molecule has 0 fully saturated rings. The number of likely N-dealkylation sites (N-methyl/N-ethyl adjacent to an activating group) is 1. The number of hydrogen-bond donors (Lipinski definition) is 0. The number of hydrogen-bond acceptors (Lipinski definition) is 2. The summed E-state index contributed by atoms with van der Waals surface area (Å²) in [7, 11) is 2.06. The van der Waals surface area contributed by atoms with Gasteiger partial charge in [0.25, 0.3) is 0 Å². The molecule has 0 N–H and O–H groups in total. The van der Waals surface area contributed by atoms with Gasteiger partial charge < -0.3 is 4.90 Å². The van der Waals surface area contributed by atoms with Crippen molar-refractivity contribution in [1.82, 2.24) is 0 Å². The molecule has 0 radical (unpaired) electrons. The van der Waals surface area contributed by atoms with Gasteiger partial charge in [-0.3, -0.25) is 0 Å². The normalized spacial score (nSPS) is 17.5. The van der Waals surface area contributed by atoms with E-state index in [-0.39, 0.29) is 11.9 Å². The summed E-state index contributed by atoms with van der Waals surface area (Å²) < 4.78 is 14.4. The second kappa shape index (κ2) is 5.11. The van der Waals surface area contributed by atoms with Gasteiger partial charge in [0.15, 0.2) is 0 Å². The molecule has 1 aliphatic rings. The van der Waals surface area contributed by atoms with Gasteiger partial charge in [0.2, 0.25) is 0 Å². The summed E-state index contributed by atoms with van der Waals surface area (Å²) >= 11 is 8.06. The van der Waals surface area contributed by atoms with Gasteiger partial charge in [-0.1, -0.05) is 41.9 Å². The third-order valence-electron chi connectivity index (χ3n) is 4.06. The number of benzene rings is 2. The summed E-state index contributed by atoms with van der Waals surface area (Å²) in [5.41, 5.74) is 2.27. The fourth-order valence-electron chi connectivity index (χ4n) is 3.00. The summed E-state index contributed by atoms with van der Waals surface area (Å²) in [6.07, 6.45) is 2.06. The van der Waals surface area contributed by atoms with Crippen molar-refractivity contribution >= 4 is 43.7 Å². The number of thiophene rings is 1. The van der Waals surface area contributed by atoms with Crippen LogP contribution in [0.2, 0.25) is 0 Å². The first-order valence-corrected chi connectivity index (χ1v) is 8.22. The summed E-state index contributed by atoms with van der Waals surface area (Å²) in [5.74, 6) is -0.214. The van der Waals surface area contributed by atoms with Crippen molar-refractivity contribution in [3.63, 3.8) is 0 Å². The third kappa shape index (κ3) is 2.04. The van der Waals surface area contributed by atoms with Crippen molar-refractivity contribution in [1.29, 1.82) is 0 Å². The van der Waals surface area contributed by atoms with Crippen molar-refractivity contribution in [2.75, 3.05) is 11.9 Å². The highest BCUT2D eigenvalue weighted by Crippen LogP contribution is 2.49. The second-order valence-corrected chi connectivity index (χ2v) is 6.86. The van der Waals surface area contributed by atoms with E-state index in [1.807, 2.05) is 24.3 Å². The Morgan fingerprint density at radius 2 is 1.91 bits per heavy atom. The Labute approximate surface area is 137 Å². The molecule has 22 heavy (non-hydrogen) atoms. The highest BCUT2D eigenvalue weighted by Gasteiger charge is 2.28. The van der Waals surface area contributed by atoms with Crippen LogP contribution in [0, 0.1) is 5.82 Å².